The third-order valence-corrected chi connectivity index (χ3v) is 1.71. The van der Waals surface area contributed by atoms with Crippen LogP contribution < -0.4 is 0 Å². The molecule has 0 saturated heterocycles. The number of carbonyl (C=O) groups excluding carboxylic acids is 1. The second-order valence-electron chi connectivity index (χ2n) is 3.39. The Balaban J connectivity index is 3.10. The van der Waals surface area contributed by atoms with Crippen molar-refractivity contribution in [3.8, 4) is 0 Å². The number of aromatic nitrogens is 1. The molecule has 0 spiro atoms. The van der Waals surface area contributed by atoms with Gasteiger partial charge in [-0.15, -0.1) is 0 Å². The summed E-state index contributed by atoms with van der Waals surface area (Å²) in [5, 5.41) is 12.2. The number of carbonyl (C=O) groups is 2. The van der Waals surface area contributed by atoms with E-state index in [0.717, 1.165) is 0 Å². The third kappa shape index (κ3) is 1.99. The zero-order chi connectivity index (χ0) is 10.7. The molecule has 5 heteroatoms. The Morgan fingerprint density at radius 1 is 1.64 bits per heavy atom. The van der Waals surface area contributed by atoms with E-state index >= 15 is 0 Å². The molecule has 0 unspecified atom stereocenters. The van der Waals surface area contributed by atoms with Gasteiger partial charge in [0.1, 0.15) is 5.56 Å². The fraction of sp³-hybridized carbons (Fsp3) is 0.444. The van der Waals surface area contributed by atoms with Gasteiger partial charge >= 0.3 is 5.97 Å². The minimum atomic E-state index is -1.18. The number of rotatable bonds is 4. The first-order valence-electron chi connectivity index (χ1n) is 4.23. The van der Waals surface area contributed by atoms with E-state index in [9.17, 15) is 9.59 Å². The minimum Gasteiger partial charge on any atom is -0.477 e. The van der Waals surface area contributed by atoms with Crippen LogP contribution in [0.3, 0.4) is 0 Å². The molecule has 0 aliphatic rings. The molecule has 1 aromatic heterocycles. The van der Waals surface area contributed by atoms with E-state index < -0.39 is 5.97 Å². The first-order valence-corrected chi connectivity index (χ1v) is 4.23. The summed E-state index contributed by atoms with van der Waals surface area (Å²) in [5.74, 6) is -0.667. The second-order valence-corrected chi connectivity index (χ2v) is 3.39. The quantitative estimate of drug-likeness (QED) is 0.737. The Kier molecular flexibility index (Phi) is 3.01. The molecular formula is C9H11NO4. The number of nitrogens with zero attached hydrogens (tertiary/aromatic N) is 1. The Morgan fingerprint density at radius 2 is 2.29 bits per heavy atom. The Hall–Kier alpha value is -1.65. The van der Waals surface area contributed by atoms with Crippen molar-refractivity contribution in [2.24, 2.45) is 5.92 Å². The molecule has 0 aliphatic heterocycles. The lowest BCUT2D eigenvalue weighted by molar-refractivity contribution is 0.0691. The van der Waals surface area contributed by atoms with Crippen LogP contribution in [0.5, 0.6) is 0 Å². The topological polar surface area (TPSA) is 80.4 Å². The number of aldehydes is 1. The van der Waals surface area contributed by atoms with Crippen molar-refractivity contribution in [2.75, 3.05) is 0 Å². The largest absolute Gasteiger partial charge is 0.477 e. The van der Waals surface area contributed by atoms with Gasteiger partial charge in [0.2, 0.25) is 0 Å². The molecule has 5 nitrogen and oxygen atoms in total. The second kappa shape index (κ2) is 4.04. The van der Waals surface area contributed by atoms with Crippen LogP contribution in [0.15, 0.2) is 4.52 Å². The summed E-state index contributed by atoms with van der Waals surface area (Å²) >= 11 is 0. The van der Waals surface area contributed by atoms with E-state index in [1.165, 1.54) is 0 Å². The van der Waals surface area contributed by atoms with E-state index in [1.807, 2.05) is 13.8 Å². The first-order chi connectivity index (χ1) is 6.56. The fourth-order valence-corrected chi connectivity index (χ4v) is 1.16. The maximum absolute atomic E-state index is 10.8. The van der Waals surface area contributed by atoms with Gasteiger partial charge < -0.3 is 9.63 Å². The molecule has 0 saturated carbocycles. The summed E-state index contributed by atoms with van der Waals surface area (Å²) in [4.78, 5) is 21.2. The van der Waals surface area contributed by atoms with Gasteiger partial charge in [-0.1, -0.05) is 19.0 Å². The summed E-state index contributed by atoms with van der Waals surface area (Å²) in [7, 11) is 0. The van der Waals surface area contributed by atoms with Crippen molar-refractivity contribution in [2.45, 2.75) is 20.3 Å². The highest BCUT2D eigenvalue weighted by Crippen LogP contribution is 2.16. The average Bonchev–Trinajstić information content (AvgIpc) is 2.46. The van der Waals surface area contributed by atoms with Crippen molar-refractivity contribution >= 4 is 12.3 Å². The van der Waals surface area contributed by atoms with E-state index in [2.05, 4.69) is 5.16 Å². The van der Waals surface area contributed by atoms with Crippen LogP contribution in [-0.2, 0) is 6.42 Å². The summed E-state index contributed by atoms with van der Waals surface area (Å²) < 4.78 is 4.80. The monoisotopic (exact) mass is 197 g/mol. The highest BCUT2D eigenvalue weighted by molar-refractivity contribution is 5.96. The van der Waals surface area contributed by atoms with Gasteiger partial charge in [-0.05, 0) is 5.92 Å². The number of hydrogen-bond donors (Lipinski definition) is 1. The van der Waals surface area contributed by atoms with Crippen molar-refractivity contribution in [1.29, 1.82) is 0 Å². The third-order valence-electron chi connectivity index (χ3n) is 1.71. The van der Waals surface area contributed by atoms with Gasteiger partial charge in [0.05, 0.1) is 0 Å². The molecule has 76 valence electrons. The van der Waals surface area contributed by atoms with E-state index in [-0.39, 0.29) is 22.9 Å². The van der Waals surface area contributed by atoms with Gasteiger partial charge in [-0.25, -0.2) is 4.79 Å². The lowest BCUT2D eigenvalue weighted by Crippen LogP contribution is -2.05. The zero-order valence-corrected chi connectivity index (χ0v) is 7.98. The molecule has 14 heavy (non-hydrogen) atoms. The Bertz CT molecular complexity index is 354. The van der Waals surface area contributed by atoms with Crippen LogP contribution in [0, 0.1) is 5.92 Å². The molecule has 0 atom stereocenters. The highest BCUT2D eigenvalue weighted by Gasteiger charge is 2.22. The summed E-state index contributed by atoms with van der Waals surface area (Å²) in [6.07, 6.45) is 0.846. The van der Waals surface area contributed by atoms with Crippen LogP contribution >= 0.6 is 0 Å². The van der Waals surface area contributed by atoms with Gasteiger partial charge in [-0.2, -0.15) is 0 Å². The standard InChI is InChI=1S/C9H11NO4/c1-5(2)3-7-8(9(12)13)6(4-11)10-14-7/h4-5H,3H2,1-2H3,(H,12,13). The first kappa shape index (κ1) is 10.4. The molecule has 0 amide bonds. The predicted molar refractivity (Wildman–Crippen MR) is 47.4 cm³/mol. The van der Waals surface area contributed by atoms with Gasteiger partial charge in [0.15, 0.2) is 17.7 Å². The van der Waals surface area contributed by atoms with Crippen LogP contribution in [0.1, 0.15) is 40.5 Å². The highest BCUT2D eigenvalue weighted by atomic mass is 16.5. The molecular weight excluding hydrogens is 186 g/mol. The van der Waals surface area contributed by atoms with Crippen LogP contribution in [-0.4, -0.2) is 22.5 Å². The van der Waals surface area contributed by atoms with E-state index in [0.29, 0.717) is 12.7 Å². The van der Waals surface area contributed by atoms with Crippen molar-refractivity contribution < 1.29 is 19.2 Å². The Labute approximate surface area is 80.7 Å². The van der Waals surface area contributed by atoms with Crippen molar-refractivity contribution in [3.05, 3.63) is 17.0 Å². The lowest BCUT2D eigenvalue weighted by Gasteiger charge is -2.00. The van der Waals surface area contributed by atoms with Crippen LogP contribution in [0.2, 0.25) is 0 Å². The summed E-state index contributed by atoms with van der Waals surface area (Å²) in [6.45, 7) is 3.85. The molecule has 0 bridgehead atoms. The van der Waals surface area contributed by atoms with Crippen LogP contribution in [0.4, 0.5) is 0 Å². The fourth-order valence-electron chi connectivity index (χ4n) is 1.16. The molecule has 1 N–H and O–H groups in total. The van der Waals surface area contributed by atoms with Crippen molar-refractivity contribution in [1.82, 2.24) is 5.16 Å². The van der Waals surface area contributed by atoms with Gasteiger partial charge in [0.25, 0.3) is 0 Å². The molecule has 0 radical (unpaired) electrons. The SMILES string of the molecule is CC(C)Cc1onc(C=O)c1C(=O)O. The smallest absolute Gasteiger partial charge is 0.341 e. The maximum Gasteiger partial charge on any atom is 0.341 e. The lowest BCUT2D eigenvalue weighted by atomic mass is 10.0. The van der Waals surface area contributed by atoms with Crippen molar-refractivity contribution in [3.63, 3.8) is 0 Å². The number of hydrogen-bond acceptors (Lipinski definition) is 4. The van der Waals surface area contributed by atoms with Crippen LogP contribution in [0.25, 0.3) is 0 Å². The molecule has 1 heterocycles. The molecule has 0 aromatic carbocycles. The summed E-state index contributed by atoms with van der Waals surface area (Å²) in [6, 6.07) is 0. The minimum absolute atomic E-state index is 0.117. The predicted octanol–water partition coefficient (Wildman–Crippen LogP) is 1.38. The number of aromatic carboxylic acids is 1. The number of carboxylic acids is 1. The van der Waals surface area contributed by atoms with Gasteiger partial charge in [-0.3, -0.25) is 4.79 Å². The molecule has 0 fully saturated rings. The van der Waals surface area contributed by atoms with E-state index in [4.69, 9.17) is 9.63 Å². The molecule has 1 aromatic rings. The number of carboxylic acid groups (broad SMARTS) is 1. The Morgan fingerprint density at radius 3 is 2.71 bits per heavy atom. The normalized spacial score (nSPS) is 10.5. The maximum atomic E-state index is 10.8. The molecule has 1 rings (SSSR count). The zero-order valence-electron chi connectivity index (χ0n) is 7.98. The average molecular weight is 197 g/mol. The van der Waals surface area contributed by atoms with Gasteiger partial charge in [0, 0.05) is 6.42 Å². The molecule has 0 aliphatic carbocycles. The summed E-state index contributed by atoms with van der Waals surface area (Å²) in [5.41, 5.74) is -0.262. The van der Waals surface area contributed by atoms with E-state index in [1.54, 1.807) is 0 Å².